The fourth-order valence-corrected chi connectivity index (χ4v) is 2.32. The average molecular weight is 279 g/mol. The van der Waals surface area contributed by atoms with Gasteiger partial charge in [0.15, 0.2) is 0 Å². The number of hydrogen-bond acceptors (Lipinski definition) is 3. The van der Waals surface area contributed by atoms with Gasteiger partial charge in [-0.05, 0) is 24.3 Å². The van der Waals surface area contributed by atoms with Crippen molar-refractivity contribution in [3.63, 3.8) is 0 Å². The molecule has 0 spiro atoms. The van der Waals surface area contributed by atoms with Gasteiger partial charge in [-0.1, -0.05) is 30.3 Å². The van der Waals surface area contributed by atoms with E-state index in [2.05, 4.69) is 0 Å². The summed E-state index contributed by atoms with van der Waals surface area (Å²) in [6.07, 6.45) is 0. The molecule has 0 unspecified atom stereocenters. The third kappa shape index (κ3) is 2.36. The topological polar surface area (TPSA) is 53.1 Å². The van der Waals surface area contributed by atoms with Crippen molar-refractivity contribution < 1.29 is 4.74 Å². The Morgan fingerprint density at radius 2 is 1.62 bits per heavy atom. The Morgan fingerprint density at radius 1 is 0.952 bits per heavy atom. The fraction of sp³-hybridized carbons (Fsp3) is 0.118. The number of nitrogens with two attached hydrogens (primary N) is 1. The Hall–Kier alpha value is -2.75. The Balaban J connectivity index is 2.08. The van der Waals surface area contributed by atoms with E-state index in [-0.39, 0.29) is 0 Å². The van der Waals surface area contributed by atoms with Crippen LogP contribution < -0.4 is 10.5 Å². The van der Waals surface area contributed by atoms with Gasteiger partial charge in [0.1, 0.15) is 23.1 Å². The van der Waals surface area contributed by atoms with Crippen LogP contribution in [-0.2, 0) is 7.05 Å². The quantitative estimate of drug-likeness (QED) is 0.800. The van der Waals surface area contributed by atoms with E-state index in [1.807, 2.05) is 66.2 Å². The first-order valence-electron chi connectivity index (χ1n) is 6.72. The molecule has 4 heteroatoms. The minimum atomic E-state index is 0.652. The van der Waals surface area contributed by atoms with Crippen LogP contribution in [0.5, 0.6) is 5.75 Å². The van der Waals surface area contributed by atoms with E-state index in [0.717, 1.165) is 28.4 Å². The Kier molecular flexibility index (Phi) is 3.36. The minimum absolute atomic E-state index is 0.652. The summed E-state index contributed by atoms with van der Waals surface area (Å²) in [7, 11) is 3.58. The molecule has 0 aliphatic heterocycles. The van der Waals surface area contributed by atoms with Crippen molar-refractivity contribution in [3.8, 4) is 28.4 Å². The highest BCUT2D eigenvalue weighted by atomic mass is 16.5. The standard InChI is InChI=1S/C17H17N3O/c1-20-16(18)15(12-8-10-14(21-2)11-9-12)19-17(20)13-6-4-3-5-7-13/h3-11H,18H2,1-2H3. The summed E-state index contributed by atoms with van der Waals surface area (Å²) in [5, 5.41) is 0. The molecule has 4 nitrogen and oxygen atoms in total. The van der Waals surface area contributed by atoms with Gasteiger partial charge in [0.05, 0.1) is 7.11 Å². The van der Waals surface area contributed by atoms with Crippen LogP contribution in [0.25, 0.3) is 22.6 Å². The maximum Gasteiger partial charge on any atom is 0.142 e. The fourth-order valence-electron chi connectivity index (χ4n) is 2.32. The molecule has 0 aliphatic rings. The van der Waals surface area contributed by atoms with Crippen LogP contribution in [0.15, 0.2) is 54.6 Å². The number of anilines is 1. The molecule has 3 aromatic rings. The molecule has 106 valence electrons. The number of imidazole rings is 1. The molecule has 3 rings (SSSR count). The second-order valence-electron chi connectivity index (χ2n) is 4.82. The van der Waals surface area contributed by atoms with E-state index >= 15 is 0 Å². The summed E-state index contributed by atoms with van der Waals surface area (Å²) in [5.74, 6) is 2.33. The lowest BCUT2D eigenvalue weighted by Crippen LogP contribution is -1.98. The van der Waals surface area contributed by atoms with Gasteiger partial charge in [0, 0.05) is 18.2 Å². The lowest BCUT2D eigenvalue weighted by molar-refractivity contribution is 0.415. The van der Waals surface area contributed by atoms with Crippen LogP contribution >= 0.6 is 0 Å². The van der Waals surface area contributed by atoms with Crippen LogP contribution in [0.2, 0.25) is 0 Å². The monoisotopic (exact) mass is 279 g/mol. The van der Waals surface area contributed by atoms with Crippen molar-refractivity contribution in [2.75, 3.05) is 12.8 Å². The van der Waals surface area contributed by atoms with E-state index in [0.29, 0.717) is 5.82 Å². The number of nitrogen functional groups attached to an aromatic ring is 1. The SMILES string of the molecule is COc1ccc(-c2nc(-c3ccccc3)n(C)c2N)cc1. The summed E-state index contributed by atoms with van der Waals surface area (Å²) < 4.78 is 7.09. The van der Waals surface area contributed by atoms with Crippen LogP contribution in [-0.4, -0.2) is 16.7 Å². The van der Waals surface area contributed by atoms with E-state index < -0.39 is 0 Å². The number of nitrogens with zero attached hydrogens (tertiary/aromatic N) is 2. The zero-order valence-corrected chi connectivity index (χ0v) is 12.1. The van der Waals surface area contributed by atoms with Crippen molar-refractivity contribution in [2.24, 2.45) is 7.05 Å². The molecular weight excluding hydrogens is 262 g/mol. The second-order valence-corrected chi connectivity index (χ2v) is 4.82. The van der Waals surface area contributed by atoms with Gasteiger partial charge in [-0.25, -0.2) is 4.98 Å². The van der Waals surface area contributed by atoms with Gasteiger partial charge >= 0.3 is 0 Å². The second kappa shape index (κ2) is 5.32. The molecule has 0 saturated carbocycles. The Bertz CT molecular complexity index is 746. The summed E-state index contributed by atoms with van der Waals surface area (Å²) in [4.78, 5) is 4.70. The van der Waals surface area contributed by atoms with Crippen molar-refractivity contribution >= 4 is 5.82 Å². The molecule has 0 radical (unpaired) electrons. The van der Waals surface area contributed by atoms with Crippen molar-refractivity contribution in [1.29, 1.82) is 0 Å². The number of hydrogen-bond donors (Lipinski definition) is 1. The maximum absolute atomic E-state index is 6.21. The highest BCUT2D eigenvalue weighted by Gasteiger charge is 2.14. The van der Waals surface area contributed by atoms with Gasteiger partial charge in [0.25, 0.3) is 0 Å². The molecule has 2 N–H and O–H groups in total. The van der Waals surface area contributed by atoms with Crippen LogP contribution in [0.1, 0.15) is 0 Å². The smallest absolute Gasteiger partial charge is 0.142 e. The van der Waals surface area contributed by atoms with Gasteiger partial charge in [0.2, 0.25) is 0 Å². The molecule has 2 aromatic carbocycles. The van der Waals surface area contributed by atoms with E-state index in [9.17, 15) is 0 Å². The number of rotatable bonds is 3. The number of methoxy groups -OCH3 is 1. The normalized spacial score (nSPS) is 10.6. The van der Waals surface area contributed by atoms with E-state index in [1.54, 1.807) is 7.11 Å². The predicted octanol–water partition coefficient (Wildman–Crippen LogP) is 3.34. The third-order valence-electron chi connectivity index (χ3n) is 3.53. The van der Waals surface area contributed by atoms with Crippen LogP contribution in [0.4, 0.5) is 5.82 Å². The average Bonchev–Trinajstić information content (AvgIpc) is 2.84. The minimum Gasteiger partial charge on any atom is -0.497 e. The summed E-state index contributed by atoms with van der Waals surface area (Å²) >= 11 is 0. The number of benzene rings is 2. The van der Waals surface area contributed by atoms with Crippen LogP contribution in [0.3, 0.4) is 0 Å². The Morgan fingerprint density at radius 3 is 2.24 bits per heavy atom. The predicted molar refractivity (Wildman–Crippen MR) is 85.0 cm³/mol. The largest absolute Gasteiger partial charge is 0.497 e. The highest BCUT2D eigenvalue weighted by molar-refractivity contribution is 5.75. The first kappa shape index (κ1) is 13.2. The van der Waals surface area contributed by atoms with Crippen LogP contribution in [0, 0.1) is 0 Å². The number of aromatic nitrogens is 2. The maximum atomic E-state index is 6.21. The third-order valence-corrected chi connectivity index (χ3v) is 3.53. The van der Waals surface area contributed by atoms with E-state index in [1.165, 1.54) is 0 Å². The summed E-state index contributed by atoms with van der Waals surface area (Å²) in [5.41, 5.74) is 9.03. The van der Waals surface area contributed by atoms with Crippen molar-refractivity contribution in [3.05, 3.63) is 54.6 Å². The molecule has 0 fully saturated rings. The molecule has 0 bridgehead atoms. The van der Waals surface area contributed by atoms with Gasteiger partial charge in [-0.3, -0.25) is 0 Å². The molecule has 21 heavy (non-hydrogen) atoms. The van der Waals surface area contributed by atoms with Crippen molar-refractivity contribution in [1.82, 2.24) is 9.55 Å². The van der Waals surface area contributed by atoms with Gasteiger partial charge < -0.3 is 15.0 Å². The highest BCUT2D eigenvalue weighted by Crippen LogP contribution is 2.30. The molecule has 0 aliphatic carbocycles. The summed E-state index contributed by atoms with van der Waals surface area (Å²) in [6, 6.07) is 17.8. The molecule has 0 atom stereocenters. The van der Waals surface area contributed by atoms with Gasteiger partial charge in [-0.15, -0.1) is 0 Å². The zero-order valence-electron chi connectivity index (χ0n) is 12.1. The first-order valence-corrected chi connectivity index (χ1v) is 6.72. The summed E-state index contributed by atoms with van der Waals surface area (Å²) in [6.45, 7) is 0. The zero-order chi connectivity index (χ0) is 14.8. The first-order chi connectivity index (χ1) is 10.2. The Labute approximate surface area is 123 Å². The molecular formula is C17H17N3O. The molecule has 0 saturated heterocycles. The number of ether oxygens (including phenoxy) is 1. The van der Waals surface area contributed by atoms with E-state index in [4.69, 9.17) is 15.5 Å². The lowest BCUT2D eigenvalue weighted by atomic mass is 10.1. The lowest BCUT2D eigenvalue weighted by Gasteiger charge is -2.03. The molecule has 1 heterocycles. The molecule has 0 amide bonds. The molecule has 1 aromatic heterocycles. The van der Waals surface area contributed by atoms with Gasteiger partial charge in [-0.2, -0.15) is 0 Å². The van der Waals surface area contributed by atoms with Crippen molar-refractivity contribution in [2.45, 2.75) is 0 Å².